The van der Waals surface area contributed by atoms with E-state index < -0.39 is 49.1 Å². The number of aliphatic hydroxyl groups is 4. The fraction of sp³-hybridized carbons (Fsp3) is 0.188. The van der Waals surface area contributed by atoms with Crippen molar-refractivity contribution in [1.82, 2.24) is 19.5 Å². The van der Waals surface area contributed by atoms with Crippen molar-refractivity contribution in [3.63, 3.8) is 0 Å². The molecular weight excluding hydrogens is 598 g/mol. The molecule has 0 saturated carbocycles. The third-order valence-corrected chi connectivity index (χ3v) is 8.68. The molecule has 8 rings (SSSR count). The van der Waals surface area contributed by atoms with E-state index >= 15 is 0 Å². The summed E-state index contributed by atoms with van der Waals surface area (Å²) < 4.78 is 7.43. The number of aromatic hydroxyl groups is 2. The molecule has 2 aliphatic rings. The summed E-state index contributed by atoms with van der Waals surface area (Å²) in [5.74, 6) is -1.68. The van der Waals surface area contributed by atoms with Crippen LogP contribution in [0.3, 0.4) is 0 Å². The molecule has 5 heterocycles. The number of carbonyl (C=O) groups excluding carboxylic acids is 2. The van der Waals surface area contributed by atoms with Gasteiger partial charge in [-0.15, -0.1) is 0 Å². The fourth-order valence-corrected chi connectivity index (χ4v) is 6.64. The molecular formula is C32H25N5O9. The first-order valence-electron chi connectivity index (χ1n) is 14.3. The highest BCUT2D eigenvalue weighted by molar-refractivity contribution is 6.39. The van der Waals surface area contributed by atoms with Crippen molar-refractivity contribution >= 4 is 61.6 Å². The quantitative estimate of drug-likeness (QED) is 0.112. The Labute approximate surface area is 257 Å². The molecule has 0 radical (unpaired) electrons. The average molecular weight is 624 g/mol. The zero-order chi connectivity index (χ0) is 32.0. The lowest BCUT2D eigenvalue weighted by molar-refractivity contribution is -0.249. The first-order valence-corrected chi connectivity index (χ1v) is 14.3. The van der Waals surface area contributed by atoms with E-state index in [1.165, 1.54) is 35.0 Å². The van der Waals surface area contributed by atoms with Crippen LogP contribution in [-0.4, -0.2) is 99.2 Å². The molecule has 2 amide bonds. The van der Waals surface area contributed by atoms with Crippen molar-refractivity contribution in [2.24, 2.45) is 5.10 Å². The van der Waals surface area contributed by atoms with Crippen molar-refractivity contribution in [2.75, 3.05) is 6.61 Å². The van der Waals surface area contributed by atoms with Gasteiger partial charge in [0.05, 0.1) is 51.7 Å². The van der Waals surface area contributed by atoms with Crippen molar-refractivity contribution in [3.8, 4) is 11.5 Å². The summed E-state index contributed by atoms with van der Waals surface area (Å²) in [5.41, 5.74) is 1.71. The number of pyridine rings is 1. The van der Waals surface area contributed by atoms with Gasteiger partial charge in [0.1, 0.15) is 35.9 Å². The number of ether oxygens (including phenoxy) is 1. The first kappa shape index (κ1) is 28.1. The number of phenolic OH excluding ortho intramolecular Hbond substituents is 2. The number of aliphatic hydroxyl groups excluding tert-OH is 4. The van der Waals surface area contributed by atoms with Gasteiger partial charge in [-0.05, 0) is 36.4 Å². The van der Waals surface area contributed by atoms with E-state index in [1.54, 1.807) is 36.5 Å². The number of fused-ring (bicyclic) bond motifs is 10. The zero-order valence-corrected chi connectivity index (χ0v) is 23.6. The molecule has 2 aliphatic heterocycles. The maximum Gasteiger partial charge on any atom is 0.283 e. The number of aromatic amines is 1. The van der Waals surface area contributed by atoms with Gasteiger partial charge in [-0.1, -0.05) is 6.07 Å². The molecule has 0 spiro atoms. The average Bonchev–Trinajstić information content (AvgIpc) is 3.66. The molecule has 0 aliphatic carbocycles. The number of hydrogen-bond donors (Lipinski definition) is 7. The summed E-state index contributed by atoms with van der Waals surface area (Å²) >= 11 is 0. The van der Waals surface area contributed by atoms with Crippen LogP contribution in [0.25, 0.3) is 43.6 Å². The number of amides is 2. The smallest absolute Gasteiger partial charge is 0.283 e. The fourth-order valence-electron chi connectivity index (χ4n) is 6.64. The minimum atomic E-state index is -1.73. The molecule has 3 aromatic carbocycles. The highest BCUT2D eigenvalue weighted by Crippen LogP contribution is 2.48. The van der Waals surface area contributed by atoms with E-state index in [2.05, 4.69) is 15.1 Å². The number of H-pyrrole nitrogens is 1. The SMILES string of the molecule is O=C1c2c(c3c4ccc(O)cc4n([C@@H]4O[C@H](CO)[C@@H](O)[C@H](O)[C@H]4O)c3c3[nH]c4cc(O)ccc4c23)C(=O)N1/N=C/c1ccccn1. The zero-order valence-electron chi connectivity index (χ0n) is 23.6. The predicted octanol–water partition coefficient (Wildman–Crippen LogP) is 1.84. The molecule has 14 heteroatoms. The van der Waals surface area contributed by atoms with Crippen LogP contribution in [0, 0.1) is 0 Å². The number of carbonyl (C=O) groups is 2. The normalized spacial score (nSPS) is 23.6. The van der Waals surface area contributed by atoms with Gasteiger partial charge in [-0.25, -0.2) is 0 Å². The number of benzene rings is 3. The van der Waals surface area contributed by atoms with Crippen molar-refractivity contribution < 1.29 is 45.0 Å². The van der Waals surface area contributed by atoms with Crippen LogP contribution in [0.2, 0.25) is 0 Å². The van der Waals surface area contributed by atoms with Gasteiger partial charge in [0.25, 0.3) is 11.8 Å². The van der Waals surface area contributed by atoms with E-state index in [9.17, 15) is 40.2 Å². The van der Waals surface area contributed by atoms with E-state index in [4.69, 9.17) is 4.74 Å². The summed E-state index contributed by atoms with van der Waals surface area (Å²) in [4.78, 5) is 35.8. The van der Waals surface area contributed by atoms with E-state index in [1.807, 2.05) is 0 Å². The summed E-state index contributed by atoms with van der Waals surface area (Å²) in [6.07, 6.45) is -4.97. The van der Waals surface area contributed by atoms with Gasteiger partial charge in [0.2, 0.25) is 0 Å². The molecule has 6 aromatic rings. The third-order valence-electron chi connectivity index (χ3n) is 8.68. The predicted molar refractivity (Wildman–Crippen MR) is 163 cm³/mol. The standard InChI is InChI=1S/C32H25N5O9/c38-12-20-27(41)28(42)29(43)32(46-20)36-19-10-15(40)5-7-17(19)22-24-23(21-16-6-4-14(39)9-18(16)35-25(21)26(22)36)30(44)37(31(24)45)34-11-13-3-1-2-8-33-13/h1-11,20,27-29,32,35,38-43H,12H2/b34-11+/t20-,27-,28+,29-,32-/m1/s1. The van der Waals surface area contributed by atoms with Crippen LogP contribution >= 0.6 is 0 Å². The van der Waals surface area contributed by atoms with Gasteiger partial charge < -0.3 is 44.9 Å². The van der Waals surface area contributed by atoms with Crippen LogP contribution in [0.1, 0.15) is 32.6 Å². The topological polar surface area (TPSA) is 214 Å². The molecule has 1 saturated heterocycles. The molecule has 3 aromatic heterocycles. The molecule has 7 N–H and O–H groups in total. The lowest BCUT2D eigenvalue weighted by Crippen LogP contribution is -2.56. The Morgan fingerprint density at radius 3 is 2.33 bits per heavy atom. The molecule has 5 atom stereocenters. The number of aromatic nitrogens is 3. The number of imide groups is 1. The number of nitrogens with zero attached hydrogens (tertiary/aromatic N) is 4. The Hall–Kier alpha value is -5.38. The van der Waals surface area contributed by atoms with Crippen LogP contribution in [0.5, 0.6) is 11.5 Å². The van der Waals surface area contributed by atoms with E-state index in [0.717, 1.165) is 5.01 Å². The summed E-state index contributed by atoms with van der Waals surface area (Å²) in [7, 11) is 0. The Bertz CT molecular complexity index is 2280. The van der Waals surface area contributed by atoms with Gasteiger partial charge in [0.15, 0.2) is 6.23 Å². The Morgan fingerprint density at radius 2 is 1.61 bits per heavy atom. The van der Waals surface area contributed by atoms with Crippen molar-refractivity contribution in [3.05, 3.63) is 77.6 Å². The monoisotopic (exact) mass is 623 g/mol. The Kier molecular flexibility index (Phi) is 6.15. The second kappa shape index (κ2) is 10.1. The second-order valence-electron chi connectivity index (χ2n) is 11.3. The van der Waals surface area contributed by atoms with Gasteiger partial charge in [0, 0.05) is 39.9 Å². The summed E-state index contributed by atoms with van der Waals surface area (Å²) in [6, 6.07) is 13.9. The highest BCUT2D eigenvalue weighted by Gasteiger charge is 2.47. The maximum atomic E-state index is 14.2. The Morgan fingerprint density at radius 1 is 0.891 bits per heavy atom. The molecule has 14 nitrogen and oxygen atoms in total. The molecule has 0 bridgehead atoms. The molecule has 1 fully saturated rings. The molecule has 232 valence electrons. The minimum absolute atomic E-state index is 0.00123. The third kappa shape index (κ3) is 3.82. The number of phenols is 2. The first-order chi connectivity index (χ1) is 22.2. The summed E-state index contributed by atoms with van der Waals surface area (Å²) in [5, 5.41) is 69.7. The summed E-state index contributed by atoms with van der Waals surface area (Å²) in [6.45, 7) is -0.684. The number of hydrazone groups is 1. The number of nitrogens with one attached hydrogen (secondary N) is 1. The van der Waals surface area contributed by atoms with Gasteiger partial charge in [-0.3, -0.25) is 14.6 Å². The molecule has 0 unspecified atom stereocenters. The van der Waals surface area contributed by atoms with E-state index in [0.29, 0.717) is 32.9 Å². The van der Waals surface area contributed by atoms with Gasteiger partial charge in [-0.2, -0.15) is 10.1 Å². The Balaban J connectivity index is 1.50. The van der Waals surface area contributed by atoms with Crippen molar-refractivity contribution in [1.29, 1.82) is 0 Å². The lowest BCUT2D eigenvalue weighted by atomic mass is 9.96. The van der Waals surface area contributed by atoms with Crippen LogP contribution in [-0.2, 0) is 4.74 Å². The largest absolute Gasteiger partial charge is 0.508 e. The van der Waals surface area contributed by atoms with Crippen LogP contribution in [0.4, 0.5) is 0 Å². The maximum absolute atomic E-state index is 14.2. The number of hydrogen-bond acceptors (Lipinski definition) is 11. The molecule has 46 heavy (non-hydrogen) atoms. The second-order valence-corrected chi connectivity index (χ2v) is 11.3. The highest BCUT2D eigenvalue weighted by atomic mass is 16.6. The van der Waals surface area contributed by atoms with Gasteiger partial charge >= 0.3 is 0 Å². The number of rotatable bonds is 4. The van der Waals surface area contributed by atoms with Crippen LogP contribution < -0.4 is 0 Å². The lowest BCUT2D eigenvalue weighted by Gasteiger charge is -2.41. The van der Waals surface area contributed by atoms with Crippen LogP contribution in [0.15, 0.2) is 65.9 Å². The van der Waals surface area contributed by atoms with Crippen molar-refractivity contribution in [2.45, 2.75) is 30.6 Å². The minimum Gasteiger partial charge on any atom is -0.508 e. The van der Waals surface area contributed by atoms with E-state index in [-0.39, 0.29) is 39.0 Å².